The van der Waals surface area contributed by atoms with Crippen LogP contribution in [-0.2, 0) is 14.8 Å². The summed E-state index contributed by atoms with van der Waals surface area (Å²) in [6, 6.07) is 5.35. The second kappa shape index (κ2) is 7.23. The Kier molecular flexibility index (Phi) is 5.47. The van der Waals surface area contributed by atoms with Crippen LogP contribution in [0, 0.1) is 12.3 Å². The van der Waals surface area contributed by atoms with E-state index < -0.39 is 21.6 Å². The fourth-order valence-corrected chi connectivity index (χ4v) is 3.41. The third-order valence-corrected chi connectivity index (χ3v) is 5.47. The summed E-state index contributed by atoms with van der Waals surface area (Å²) < 4.78 is 26.1. The van der Waals surface area contributed by atoms with Crippen LogP contribution >= 0.6 is 0 Å². The van der Waals surface area contributed by atoms with Crippen molar-refractivity contribution in [2.75, 3.05) is 19.6 Å². The van der Waals surface area contributed by atoms with E-state index in [2.05, 4.69) is 10.6 Å². The molecule has 1 amide bonds. The fraction of sp³-hybridized carbons (Fsp3) is 0.375. The molecular weight excluding hydrogens is 348 g/mol. The van der Waals surface area contributed by atoms with E-state index in [1.54, 1.807) is 0 Å². The van der Waals surface area contributed by atoms with Gasteiger partial charge in [0.25, 0.3) is 5.91 Å². The van der Waals surface area contributed by atoms with Crippen LogP contribution in [0.15, 0.2) is 29.2 Å². The molecule has 3 N–H and O–H groups in total. The second-order valence-electron chi connectivity index (χ2n) is 5.68. The lowest BCUT2D eigenvalue weighted by Gasteiger charge is -2.35. The first-order valence-corrected chi connectivity index (χ1v) is 8.96. The Bertz CT molecular complexity index is 802. The number of carboxylic acids is 1. The van der Waals surface area contributed by atoms with Crippen LogP contribution in [-0.4, -0.2) is 60.6 Å². The van der Waals surface area contributed by atoms with Gasteiger partial charge in [-0.15, -0.1) is 6.42 Å². The zero-order chi connectivity index (χ0) is 18.7. The first-order valence-electron chi connectivity index (χ1n) is 7.48. The summed E-state index contributed by atoms with van der Waals surface area (Å²) >= 11 is 0. The molecule has 0 radical (unpaired) electrons. The lowest BCUT2D eigenvalue weighted by molar-refractivity contribution is -0.162. The SMILES string of the molecule is C#CCNS(=O)(=O)c1ccc(C(=O)N2CCC(O)(C(=O)O)CC2)cc1. The highest BCUT2D eigenvalue weighted by Crippen LogP contribution is 2.24. The number of hydrogen-bond acceptors (Lipinski definition) is 5. The van der Waals surface area contributed by atoms with E-state index in [0.29, 0.717) is 0 Å². The van der Waals surface area contributed by atoms with Gasteiger partial charge in [-0.05, 0) is 24.3 Å². The van der Waals surface area contributed by atoms with Gasteiger partial charge in [0.1, 0.15) is 0 Å². The van der Waals surface area contributed by atoms with E-state index in [1.165, 1.54) is 29.2 Å². The summed E-state index contributed by atoms with van der Waals surface area (Å²) in [4.78, 5) is 24.8. The molecule has 134 valence electrons. The Balaban J connectivity index is 2.07. The molecule has 9 heteroatoms. The number of hydrogen-bond donors (Lipinski definition) is 3. The standard InChI is InChI=1S/C16H18N2O6S/c1-2-9-17-25(23,24)13-5-3-12(4-6-13)14(19)18-10-7-16(22,8-11-18)15(20)21/h1,3-6,17,22H,7-11H2,(H,20,21). The minimum atomic E-state index is -3.73. The number of amides is 1. The number of benzene rings is 1. The van der Waals surface area contributed by atoms with E-state index >= 15 is 0 Å². The Morgan fingerprint density at radius 2 is 1.80 bits per heavy atom. The van der Waals surface area contributed by atoms with Gasteiger partial charge >= 0.3 is 5.97 Å². The molecule has 1 heterocycles. The lowest BCUT2D eigenvalue weighted by Crippen LogP contribution is -2.50. The highest BCUT2D eigenvalue weighted by Gasteiger charge is 2.40. The smallest absolute Gasteiger partial charge is 0.335 e. The zero-order valence-electron chi connectivity index (χ0n) is 13.3. The molecule has 2 rings (SSSR count). The number of likely N-dealkylation sites (tertiary alicyclic amines) is 1. The van der Waals surface area contributed by atoms with E-state index in [4.69, 9.17) is 11.5 Å². The number of sulfonamides is 1. The van der Waals surface area contributed by atoms with Gasteiger partial charge in [0, 0.05) is 31.5 Å². The molecule has 25 heavy (non-hydrogen) atoms. The van der Waals surface area contributed by atoms with Crippen LogP contribution in [0.4, 0.5) is 0 Å². The Morgan fingerprint density at radius 3 is 2.28 bits per heavy atom. The molecule has 0 aromatic heterocycles. The maximum absolute atomic E-state index is 12.4. The molecule has 1 aromatic carbocycles. The van der Waals surface area contributed by atoms with Crippen molar-refractivity contribution in [2.24, 2.45) is 0 Å². The number of carboxylic acid groups (broad SMARTS) is 1. The monoisotopic (exact) mass is 366 g/mol. The van der Waals surface area contributed by atoms with Crippen molar-refractivity contribution in [3.63, 3.8) is 0 Å². The summed E-state index contributed by atoms with van der Waals surface area (Å²) in [6.45, 7) is 0.0695. The Morgan fingerprint density at radius 1 is 1.24 bits per heavy atom. The summed E-state index contributed by atoms with van der Waals surface area (Å²) in [5.74, 6) is 0.516. The van der Waals surface area contributed by atoms with Crippen molar-refractivity contribution in [3.05, 3.63) is 29.8 Å². The third kappa shape index (κ3) is 4.17. The van der Waals surface area contributed by atoms with Gasteiger partial charge in [0.05, 0.1) is 11.4 Å². The molecule has 1 aliphatic heterocycles. The predicted octanol–water partition coefficient (Wildman–Crippen LogP) is -0.350. The highest BCUT2D eigenvalue weighted by atomic mass is 32.2. The molecule has 1 fully saturated rings. The zero-order valence-corrected chi connectivity index (χ0v) is 14.1. The predicted molar refractivity (Wildman–Crippen MR) is 88.2 cm³/mol. The average molecular weight is 366 g/mol. The second-order valence-corrected chi connectivity index (χ2v) is 7.45. The van der Waals surface area contributed by atoms with Crippen LogP contribution in [0.2, 0.25) is 0 Å². The van der Waals surface area contributed by atoms with Crippen molar-refractivity contribution < 1.29 is 28.2 Å². The van der Waals surface area contributed by atoms with Gasteiger partial charge in [-0.1, -0.05) is 5.92 Å². The molecule has 0 bridgehead atoms. The number of carbonyl (C=O) groups excluding carboxylic acids is 1. The number of nitrogens with one attached hydrogen (secondary N) is 1. The van der Waals surface area contributed by atoms with Crippen LogP contribution in [0.25, 0.3) is 0 Å². The lowest BCUT2D eigenvalue weighted by atomic mass is 9.91. The summed E-state index contributed by atoms with van der Waals surface area (Å²) in [7, 11) is -3.73. The first kappa shape index (κ1) is 18.9. The average Bonchev–Trinajstić information content (AvgIpc) is 2.60. The number of carbonyl (C=O) groups is 2. The Hall–Kier alpha value is -2.41. The third-order valence-electron chi connectivity index (χ3n) is 4.05. The molecule has 1 saturated heterocycles. The highest BCUT2D eigenvalue weighted by molar-refractivity contribution is 7.89. The van der Waals surface area contributed by atoms with Gasteiger partial charge in [-0.2, -0.15) is 4.72 Å². The van der Waals surface area contributed by atoms with Gasteiger partial charge in [-0.3, -0.25) is 4.79 Å². The molecule has 0 saturated carbocycles. The fourth-order valence-electron chi connectivity index (χ4n) is 2.47. The largest absolute Gasteiger partial charge is 0.479 e. The van der Waals surface area contributed by atoms with Gasteiger partial charge in [0.2, 0.25) is 10.0 Å². The minimum Gasteiger partial charge on any atom is -0.479 e. The number of terminal acetylenes is 1. The summed E-state index contributed by atoms with van der Waals surface area (Å²) in [5.41, 5.74) is -1.53. The molecular formula is C16H18N2O6S. The number of rotatable bonds is 5. The Labute approximate surface area is 145 Å². The maximum Gasteiger partial charge on any atom is 0.335 e. The van der Waals surface area contributed by atoms with E-state index in [9.17, 15) is 23.1 Å². The quantitative estimate of drug-likeness (QED) is 0.612. The van der Waals surface area contributed by atoms with Crippen molar-refractivity contribution in [1.29, 1.82) is 0 Å². The van der Waals surface area contributed by atoms with Crippen molar-refractivity contribution in [3.8, 4) is 12.3 Å². The summed E-state index contributed by atoms with van der Waals surface area (Å²) in [5, 5.41) is 18.9. The van der Waals surface area contributed by atoms with Gasteiger partial charge in [0.15, 0.2) is 5.60 Å². The van der Waals surface area contributed by atoms with Crippen molar-refractivity contribution in [2.45, 2.75) is 23.3 Å². The van der Waals surface area contributed by atoms with Crippen LogP contribution < -0.4 is 4.72 Å². The topological polar surface area (TPSA) is 124 Å². The molecule has 0 aliphatic carbocycles. The number of aliphatic hydroxyl groups is 1. The van der Waals surface area contributed by atoms with Crippen LogP contribution in [0.1, 0.15) is 23.2 Å². The van der Waals surface area contributed by atoms with Gasteiger partial charge < -0.3 is 15.1 Å². The van der Waals surface area contributed by atoms with Crippen molar-refractivity contribution >= 4 is 21.9 Å². The molecule has 1 aliphatic rings. The molecule has 1 aromatic rings. The molecule has 0 spiro atoms. The van der Waals surface area contributed by atoms with Crippen molar-refractivity contribution in [1.82, 2.24) is 9.62 Å². The molecule has 0 unspecified atom stereocenters. The number of nitrogens with zero attached hydrogens (tertiary/aromatic N) is 1. The number of aliphatic carboxylic acids is 1. The molecule has 8 nitrogen and oxygen atoms in total. The maximum atomic E-state index is 12.4. The summed E-state index contributed by atoms with van der Waals surface area (Å²) in [6.07, 6.45) is 4.90. The van der Waals surface area contributed by atoms with Gasteiger partial charge in [-0.25, -0.2) is 13.2 Å². The molecule has 0 atom stereocenters. The van der Waals surface area contributed by atoms with E-state index in [0.717, 1.165) is 0 Å². The van der Waals surface area contributed by atoms with E-state index in [-0.39, 0.29) is 48.8 Å². The normalized spacial score (nSPS) is 16.9. The minimum absolute atomic E-state index is 0.0156. The van der Waals surface area contributed by atoms with E-state index in [1.807, 2.05) is 0 Å². The van der Waals surface area contributed by atoms with Crippen LogP contribution in [0.3, 0.4) is 0 Å². The number of piperidine rings is 1. The first-order chi connectivity index (χ1) is 11.7. The van der Waals surface area contributed by atoms with Crippen LogP contribution in [0.5, 0.6) is 0 Å².